The highest BCUT2D eigenvalue weighted by Gasteiger charge is 2.40. The Kier molecular flexibility index (Phi) is 3.09. The van der Waals surface area contributed by atoms with Crippen molar-refractivity contribution in [2.75, 3.05) is 6.54 Å². The summed E-state index contributed by atoms with van der Waals surface area (Å²) in [5.41, 5.74) is 1.44. The second kappa shape index (κ2) is 4.23. The second-order valence-electron chi connectivity index (χ2n) is 5.83. The van der Waals surface area contributed by atoms with Gasteiger partial charge >= 0.3 is 0 Å². The molecule has 0 bridgehead atoms. The molecule has 0 aromatic carbocycles. The molecule has 0 aromatic heterocycles. The number of carbonyl (C=O) groups is 1. The first-order valence-electron chi connectivity index (χ1n) is 6.49. The molecule has 0 N–H and O–H groups in total. The van der Waals surface area contributed by atoms with Crippen molar-refractivity contribution < 1.29 is 4.79 Å². The van der Waals surface area contributed by atoms with E-state index in [1.807, 2.05) is 0 Å². The molecule has 1 saturated heterocycles. The number of hydrogen-bond donors (Lipinski definition) is 0. The summed E-state index contributed by atoms with van der Waals surface area (Å²) in [4.78, 5) is 14.0. The minimum Gasteiger partial charge on any atom is -0.337 e. The Bertz CT molecular complexity index is 296. The van der Waals surface area contributed by atoms with Crippen molar-refractivity contribution in [3.63, 3.8) is 0 Å². The second-order valence-corrected chi connectivity index (χ2v) is 5.83. The molecule has 1 saturated carbocycles. The third-order valence-electron chi connectivity index (χ3n) is 4.46. The van der Waals surface area contributed by atoms with Crippen LogP contribution in [0.2, 0.25) is 0 Å². The highest BCUT2D eigenvalue weighted by Crippen LogP contribution is 2.39. The summed E-state index contributed by atoms with van der Waals surface area (Å²) in [6.07, 6.45) is 6.50. The van der Waals surface area contributed by atoms with Crippen LogP contribution in [0.4, 0.5) is 0 Å². The van der Waals surface area contributed by atoms with Crippen LogP contribution in [-0.4, -0.2) is 22.9 Å². The number of allylic oxidation sites excluding steroid dienone is 1. The summed E-state index contributed by atoms with van der Waals surface area (Å²) >= 11 is 0. The van der Waals surface area contributed by atoms with Gasteiger partial charge in [-0.05, 0) is 51.9 Å². The van der Waals surface area contributed by atoms with Gasteiger partial charge in [0.1, 0.15) is 0 Å². The molecule has 2 fully saturated rings. The minimum atomic E-state index is 0.0499. The van der Waals surface area contributed by atoms with Crippen LogP contribution in [0.15, 0.2) is 12.2 Å². The summed E-state index contributed by atoms with van der Waals surface area (Å²) in [6.45, 7) is 9.51. The van der Waals surface area contributed by atoms with E-state index in [2.05, 4.69) is 25.3 Å². The van der Waals surface area contributed by atoms with Crippen LogP contribution in [0.25, 0.3) is 0 Å². The third-order valence-corrected chi connectivity index (χ3v) is 4.46. The molecule has 0 unspecified atom stereocenters. The van der Waals surface area contributed by atoms with E-state index in [0.29, 0.717) is 11.8 Å². The van der Waals surface area contributed by atoms with Crippen LogP contribution in [0, 0.1) is 5.92 Å². The van der Waals surface area contributed by atoms with Crippen molar-refractivity contribution in [2.45, 2.75) is 57.9 Å². The molecule has 1 heterocycles. The van der Waals surface area contributed by atoms with Crippen LogP contribution in [0.3, 0.4) is 0 Å². The average Bonchev–Trinajstić information content (AvgIpc) is 2.66. The Morgan fingerprint density at radius 2 is 1.88 bits per heavy atom. The van der Waals surface area contributed by atoms with Gasteiger partial charge in [0.25, 0.3) is 0 Å². The third kappa shape index (κ3) is 2.02. The van der Waals surface area contributed by atoms with Gasteiger partial charge in [0.2, 0.25) is 5.91 Å². The highest BCUT2D eigenvalue weighted by atomic mass is 16.2. The van der Waals surface area contributed by atoms with E-state index in [4.69, 9.17) is 0 Å². The maximum absolute atomic E-state index is 11.8. The first-order chi connectivity index (χ1) is 7.51. The quantitative estimate of drug-likeness (QED) is 0.656. The van der Waals surface area contributed by atoms with Crippen molar-refractivity contribution in [2.24, 2.45) is 5.92 Å². The molecule has 0 spiro atoms. The van der Waals surface area contributed by atoms with Crippen molar-refractivity contribution >= 4 is 5.91 Å². The molecule has 90 valence electrons. The highest BCUT2D eigenvalue weighted by molar-refractivity contribution is 5.78. The SMILES string of the molecule is C=C1CCC(C(C)(C)N2CCCC2=O)CC1. The molecular formula is C14H23NO. The van der Waals surface area contributed by atoms with Gasteiger partial charge in [-0.1, -0.05) is 12.2 Å². The normalized spacial score (nSPS) is 24.2. The molecule has 2 heteroatoms. The maximum atomic E-state index is 11.8. The summed E-state index contributed by atoms with van der Waals surface area (Å²) in [7, 11) is 0. The van der Waals surface area contributed by atoms with Gasteiger partial charge in [-0.15, -0.1) is 0 Å². The number of rotatable bonds is 2. The Hall–Kier alpha value is -0.790. The molecule has 0 radical (unpaired) electrons. The summed E-state index contributed by atoms with van der Waals surface area (Å²) in [5.74, 6) is 1.01. The van der Waals surface area contributed by atoms with Gasteiger partial charge in [0, 0.05) is 18.5 Å². The fourth-order valence-corrected chi connectivity index (χ4v) is 3.21. The average molecular weight is 221 g/mol. The molecule has 1 aliphatic carbocycles. The van der Waals surface area contributed by atoms with Gasteiger partial charge in [-0.2, -0.15) is 0 Å². The smallest absolute Gasteiger partial charge is 0.223 e. The largest absolute Gasteiger partial charge is 0.337 e. The van der Waals surface area contributed by atoms with E-state index >= 15 is 0 Å². The van der Waals surface area contributed by atoms with Crippen LogP contribution in [0.5, 0.6) is 0 Å². The van der Waals surface area contributed by atoms with Gasteiger partial charge in [0.05, 0.1) is 0 Å². The van der Waals surface area contributed by atoms with Gasteiger partial charge in [-0.25, -0.2) is 0 Å². The van der Waals surface area contributed by atoms with Crippen molar-refractivity contribution in [3.8, 4) is 0 Å². The van der Waals surface area contributed by atoms with E-state index in [-0.39, 0.29) is 5.54 Å². The molecular weight excluding hydrogens is 198 g/mol. The van der Waals surface area contributed by atoms with E-state index < -0.39 is 0 Å². The summed E-state index contributed by atoms with van der Waals surface area (Å²) < 4.78 is 0. The van der Waals surface area contributed by atoms with Gasteiger partial charge < -0.3 is 4.90 Å². The molecule has 2 rings (SSSR count). The lowest BCUT2D eigenvalue weighted by molar-refractivity contribution is -0.134. The Morgan fingerprint density at radius 1 is 1.25 bits per heavy atom. The molecule has 0 atom stereocenters. The zero-order valence-electron chi connectivity index (χ0n) is 10.6. The lowest BCUT2D eigenvalue weighted by Gasteiger charge is -2.44. The number of hydrogen-bond acceptors (Lipinski definition) is 1. The van der Waals surface area contributed by atoms with Crippen LogP contribution in [-0.2, 0) is 4.79 Å². The zero-order valence-corrected chi connectivity index (χ0v) is 10.6. The molecule has 2 aliphatic rings. The number of amides is 1. The topological polar surface area (TPSA) is 20.3 Å². The first kappa shape index (κ1) is 11.7. The van der Waals surface area contributed by atoms with E-state index in [1.165, 1.54) is 18.4 Å². The monoisotopic (exact) mass is 221 g/mol. The molecule has 16 heavy (non-hydrogen) atoms. The lowest BCUT2D eigenvalue weighted by Crippen LogP contribution is -2.50. The van der Waals surface area contributed by atoms with Gasteiger partial charge in [0.15, 0.2) is 0 Å². The van der Waals surface area contributed by atoms with Gasteiger partial charge in [-0.3, -0.25) is 4.79 Å². The number of carbonyl (C=O) groups excluding carboxylic acids is 1. The van der Waals surface area contributed by atoms with Crippen LogP contribution >= 0.6 is 0 Å². The number of likely N-dealkylation sites (tertiary alicyclic amines) is 1. The Morgan fingerprint density at radius 3 is 2.38 bits per heavy atom. The van der Waals surface area contributed by atoms with Crippen LogP contribution < -0.4 is 0 Å². The lowest BCUT2D eigenvalue weighted by atomic mass is 9.74. The summed E-state index contributed by atoms with van der Waals surface area (Å²) in [6, 6.07) is 0. The Labute approximate surface area is 98.7 Å². The van der Waals surface area contributed by atoms with E-state index in [1.54, 1.807) is 0 Å². The predicted octanol–water partition coefficient (Wildman–Crippen LogP) is 3.13. The Balaban J connectivity index is 2.06. The maximum Gasteiger partial charge on any atom is 0.223 e. The van der Waals surface area contributed by atoms with E-state index in [9.17, 15) is 4.79 Å². The van der Waals surface area contributed by atoms with Crippen molar-refractivity contribution in [1.82, 2.24) is 4.90 Å². The predicted molar refractivity (Wildman–Crippen MR) is 66.1 cm³/mol. The molecule has 2 nitrogen and oxygen atoms in total. The minimum absolute atomic E-state index is 0.0499. The van der Waals surface area contributed by atoms with E-state index in [0.717, 1.165) is 32.2 Å². The van der Waals surface area contributed by atoms with Crippen molar-refractivity contribution in [3.05, 3.63) is 12.2 Å². The first-order valence-corrected chi connectivity index (χ1v) is 6.49. The van der Waals surface area contributed by atoms with Crippen molar-refractivity contribution in [1.29, 1.82) is 0 Å². The molecule has 1 amide bonds. The standard InChI is InChI=1S/C14H23NO/c1-11-6-8-12(9-7-11)14(2,3)15-10-4-5-13(15)16/h12H,1,4-10H2,2-3H3. The number of nitrogens with zero attached hydrogens (tertiary/aromatic N) is 1. The van der Waals surface area contributed by atoms with Crippen LogP contribution in [0.1, 0.15) is 52.4 Å². The zero-order chi connectivity index (χ0) is 11.8. The molecule has 0 aromatic rings. The molecule has 1 aliphatic heterocycles. The summed E-state index contributed by atoms with van der Waals surface area (Å²) in [5, 5.41) is 0. The fourth-order valence-electron chi connectivity index (χ4n) is 3.21. The fraction of sp³-hybridized carbons (Fsp3) is 0.786.